The molecule has 0 unspecified atom stereocenters. The molecule has 1 rings (SSSR count). The maximum Gasteiger partial charge on any atom is 0.417 e. The lowest BCUT2D eigenvalue weighted by Crippen LogP contribution is -2.06. The molecule has 13 heavy (non-hydrogen) atoms. The standard InChI is InChI=1S/C7H2Br2ClF3/c8-4-2-1-3(7(11,12)13)5(9)6(4)10/h1-2H. The molecule has 0 saturated carbocycles. The molecule has 0 heterocycles. The molecule has 0 aromatic heterocycles. The average Bonchev–Trinajstić information content (AvgIpc) is 1.98. The van der Waals surface area contributed by atoms with Crippen molar-refractivity contribution in [3.8, 4) is 0 Å². The fourth-order valence-corrected chi connectivity index (χ4v) is 2.08. The van der Waals surface area contributed by atoms with Gasteiger partial charge in [0.1, 0.15) is 0 Å². The zero-order valence-corrected chi connectivity index (χ0v) is 9.85. The van der Waals surface area contributed by atoms with Crippen molar-refractivity contribution >= 4 is 43.5 Å². The normalized spacial score (nSPS) is 11.8. The van der Waals surface area contributed by atoms with Crippen LogP contribution < -0.4 is 0 Å². The molecule has 0 saturated heterocycles. The van der Waals surface area contributed by atoms with Gasteiger partial charge in [0.05, 0.1) is 10.6 Å². The highest BCUT2D eigenvalue weighted by Crippen LogP contribution is 2.41. The predicted molar refractivity (Wildman–Crippen MR) is 51.9 cm³/mol. The van der Waals surface area contributed by atoms with Crippen LogP contribution in [0.5, 0.6) is 0 Å². The van der Waals surface area contributed by atoms with Crippen LogP contribution in [-0.4, -0.2) is 0 Å². The molecule has 6 heteroatoms. The Hall–Kier alpha value is 0.260. The van der Waals surface area contributed by atoms with Gasteiger partial charge in [-0.05, 0) is 44.0 Å². The molecule has 0 N–H and O–H groups in total. The van der Waals surface area contributed by atoms with Crippen LogP contribution in [0.2, 0.25) is 5.02 Å². The molecule has 0 atom stereocenters. The van der Waals surface area contributed by atoms with E-state index in [4.69, 9.17) is 11.6 Å². The summed E-state index contributed by atoms with van der Waals surface area (Å²) in [5.41, 5.74) is -0.777. The molecule has 0 aliphatic rings. The maximum atomic E-state index is 12.3. The summed E-state index contributed by atoms with van der Waals surface area (Å²) in [5.74, 6) is 0. The zero-order chi connectivity index (χ0) is 10.2. The Morgan fingerprint density at radius 2 is 1.69 bits per heavy atom. The summed E-state index contributed by atoms with van der Waals surface area (Å²) in [5, 5.41) is 0.0230. The summed E-state index contributed by atoms with van der Waals surface area (Å²) >= 11 is 11.4. The molecule has 1 aromatic rings. The van der Waals surface area contributed by atoms with Crippen LogP contribution in [0.25, 0.3) is 0 Å². The Morgan fingerprint density at radius 1 is 1.15 bits per heavy atom. The van der Waals surface area contributed by atoms with E-state index in [1.807, 2.05) is 0 Å². The highest BCUT2D eigenvalue weighted by atomic mass is 79.9. The van der Waals surface area contributed by atoms with Gasteiger partial charge in [-0.25, -0.2) is 0 Å². The highest BCUT2D eigenvalue weighted by molar-refractivity contribution is 9.11. The predicted octanol–water partition coefficient (Wildman–Crippen LogP) is 4.88. The lowest BCUT2D eigenvalue weighted by molar-refractivity contribution is -0.138. The van der Waals surface area contributed by atoms with E-state index in [1.165, 1.54) is 6.07 Å². The fraction of sp³-hybridized carbons (Fsp3) is 0.143. The van der Waals surface area contributed by atoms with Gasteiger partial charge in [0.25, 0.3) is 0 Å². The molecule has 72 valence electrons. The molecule has 0 fully saturated rings. The second-order valence-electron chi connectivity index (χ2n) is 2.22. The van der Waals surface area contributed by atoms with Gasteiger partial charge in [-0.15, -0.1) is 0 Å². The van der Waals surface area contributed by atoms with Crippen molar-refractivity contribution in [3.05, 3.63) is 31.7 Å². The summed E-state index contributed by atoms with van der Waals surface area (Å²) in [4.78, 5) is 0. The number of hydrogen-bond donors (Lipinski definition) is 0. The summed E-state index contributed by atoms with van der Waals surface area (Å²) in [6.45, 7) is 0. The number of hydrogen-bond acceptors (Lipinski definition) is 0. The Bertz CT molecular complexity index is 335. The van der Waals surface area contributed by atoms with Crippen LogP contribution in [0.3, 0.4) is 0 Å². The molecule has 0 aliphatic carbocycles. The van der Waals surface area contributed by atoms with Gasteiger partial charge in [0.2, 0.25) is 0 Å². The summed E-state index contributed by atoms with van der Waals surface area (Å²) in [6.07, 6.45) is -4.39. The van der Waals surface area contributed by atoms with Gasteiger partial charge in [-0.2, -0.15) is 13.2 Å². The lowest BCUT2D eigenvalue weighted by Gasteiger charge is -2.10. The SMILES string of the molecule is FC(F)(F)c1ccc(Br)c(Cl)c1Br. The van der Waals surface area contributed by atoms with Crippen molar-refractivity contribution in [2.45, 2.75) is 6.18 Å². The van der Waals surface area contributed by atoms with Crippen LogP contribution in [0.4, 0.5) is 13.2 Å². The van der Waals surface area contributed by atoms with Crippen LogP contribution in [-0.2, 0) is 6.18 Å². The van der Waals surface area contributed by atoms with Crippen molar-refractivity contribution in [3.63, 3.8) is 0 Å². The molecular weight excluding hydrogens is 336 g/mol. The van der Waals surface area contributed by atoms with Crippen LogP contribution >= 0.6 is 43.5 Å². The first kappa shape index (κ1) is 11.3. The van der Waals surface area contributed by atoms with E-state index in [2.05, 4.69) is 31.9 Å². The van der Waals surface area contributed by atoms with Crippen LogP contribution in [0, 0.1) is 0 Å². The summed E-state index contributed by atoms with van der Waals surface area (Å²) < 4.78 is 37.1. The Kier molecular flexibility index (Phi) is 3.30. The topological polar surface area (TPSA) is 0 Å². The van der Waals surface area contributed by atoms with Gasteiger partial charge in [0, 0.05) is 8.95 Å². The highest BCUT2D eigenvalue weighted by Gasteiger charge is 2.33. The maximum absolute atomic E-state index is 12.3. The van der Waals surface area contributed by atoms with Gasteiger partial charge in [0.15, 0.2) is 0 Å². The van der Waals surface area contributed by atoms with Crippen molar-refractivity contribution in [2.24, 2.45) is 0 Å². The van der Waals surface area contributed by atoms with Crippen molar-refractivity contribution < 1.29 is 13.2 Å². The summed E-state index contributed by atoms with van der Waals surface area (Å²) in [7, 11) is 0. The Labute approximate surface area is 94.3 Å². The molecular formula is C7H2Br2ClF3. The largest absolute Gasteiger partial charge is 0.417 e. The average molecular weight is 338 g/mol. The van der Waals surface area contributed by atoms with Crippen LogP contribution in [0.15, 0.2) is 21.1 Å². The molecule has 0 spiro atoms. The minimum atomic E-state index is -4.39. The minimum Gasteiger partial charge on any atom is -0.166 e. The van der Waals surface area contributed by atoms with E-state index in [-0.39, 0.29) is 9.50 Å². The van der Waals surface area contributed by atoms with E-state index in [0.717, 1.165) is 6.07 Å². The van der Waals surface area contributed by atoms with Crippen molar-refractivity contribution in [1.82, 2.24) is 0 Å². The third-order valence-corrected chi connectivity index (χ3v) is 3.67. The Balaban J connectivity index is 3.35. The van der Waals surface area contributed by atoms with E-state index in [9.17, 15) is 13.2 Å². The molecule has 0 bridgehead atoms. The third-order valence-electron chi connectivity index (χ3n) is 1.34. The van der Waals surface area contributed by atoms with Gasteiger partial charge in [-0.3, -0.25) is 0 Å². The first-order valence-corrected chi connectivity index (χ1v) is 5.01. The van der Waals surface area contributed by atoms with E-state index in [1.54, 1.807) is 0 Å². The molecule has 0 aliphatic heterocycles. The first-order chi connectivity index (χ1) is 5.84. The quantitative estimate of drug-likeness (QED) is 0.591. The first-order valence-electron chi connectivity index (χ1n) is 3.04. The van der Waals surface area contributed by atoms with Gasteiger partial charge >= 0.3 is 6.18 Å². The minimum absolute atomic E-state index is 0.0230. The van der Waals surface area contributed by atoms with Crippen molar-refractivity contribution in [2.75, 3.05) is 0 Å². The Morgan fingerprint density at radius 3 is 2.15 bits per heavy atom. The summed E-state index contributed by atoms with van der Waals surface area (Å²) in [6, 6.07) is 2.22. The number of benzene rings is 1. The molecule has 0 nitrogen and oxygen atoms in total. The second-order valence-corrected chi connectivity index (χ2v) is 4.25. The van der Waals surface area contributed by atoms with E-state index in [0.29, 0.717) is 4.47 Å². The van der Waals surface area contributed by atoms with Gasteiger partial charge < -0.3 is 0 Å². The monoisotopic (exact) mass is 336 g/mol. The van der Waals surface area contributed by atoms with Crippen molar-refractivity contribution in [1.29, 1.82) is 0 Å². The smallest absolute Gasteiger partial charge is 0.166 e. The number of halogens is 6. The molecule has 0 amide bonds. The second kappa shape index (κ2) is 3.79. The lowest BCUT2D eigenvalue weighted by atomic mass is 10.2. The molecule has 0 radical (unpaired) electrons. The van der Waals surface area contributed by atoms with E-state index >= 15 is 0 Å². The van der Waals surface area contributed by atoms with Crippen LogP contribution in [0.1, 0.15) is 5.56 Å². The number of rotatable bonds is 0. The van der Waals surface area contributed by atoms with Gasteiger partial charge in [-0.1, -0.05) is 11.6 Å². The fourth-order valence-electron chi connectivity index (χ4n) is 0.745. The van der Waals surface area contributed by atoms with E-state index < -0.39 is 11.7 Å². The number of alkyl halides is 3. The third kappa shape index (κ3) is 2.39. The zero-order valence-electron chi connectivity index (χ0n) is 5.92. The molecule has 1 aromatic carbocycles.